The van der Waals surface area contributed by atoms with E-state index >= 15 is 0 Å². The second-order valence-corrected chi connectivity index (χ2v) is 9.02. The van der Waals surface area contributed by atoms with Gasteiger partial charge in [0.2, 0.25) is 0 Å². The molecule has 0 unspecified atom stereocenters. The summed E-state index contributed by atoms with van der Waals surface area (Å²) in [6.07, 6.45) is 7.02. The molecule has 168 valence electrons. The Kier molecular flexibility index (Phi) is 5.86. The fourth-order valence-corrected chi connectivity index (χ4v) is 5.09. The number of hydrogen-bond donors (Lipinski definition) is 0. The smallest absolute Gasteiger partial charge is 0.189 e. The molecule has 0 fully saturated rings. The maximum absolute atomic E-state index is 12.9. The largest absolute Gasteiger partial charge is 0.289 e. The monoisotopic (exact) mass is 465 g/mol. The molecule has 0 spiro atoms. The van der Waals surface area contributed by atoms with Gasteiger partial charge in [0.05, 0.1) is 28.2 Å². The van der Waals surface area contributed by atoms with Crippen LogP contribution in [-0.2, 0) is 7.05 Å². The Balaban J connectivity index is 1.61. The first kappa shape index (κ1) is 21.9. The average Bonchev–Trinajstić information content (AvgIpc) is 3.36. The highest BCUT2D eigenvalue weighted by molar-refractivity contribution is 7.99. The van der Waals surface area contributed by atoms with Crippen LogP contribution in [0.1, 0.15) is 27.3 Å². The van der Waals surface area contributed by atoms with Crippen LogP contribution in [0, 0.1) is 13.8 Å². The first-order chi connectivity index (χ1) is 16.5. The van der Waals surface area contributed by atoms with E-state index in [4.69, 9.17) is 5.10 Å². The molecule has 0 saturated heterocycles. The number of aromatic nitrogens is 5. The lowest BCUT2D eigenvalue weighted by Gasteiger charge is -2.10. The zero-order valence-electron chi connectivity index (χ0n) is 19.1. The molecule has 5 rings (SSSR count). The Morgan fingerprint density at radius 1 is 0.941 bits per heavy atom. The first-order valence-corrected chi connectivity index (χ1v) is 11.7. The van der Waals surface area contributed by atoms with Crippen LogP contribution >= 0.6 is 11.8 Å². The van der Waals surface area contributed by atoms with Crippen molar-refractivity contribution in [3.63, 3.8) is 0 Å². The number of pyridine rings is 1. The third kappa shape index (κ3) is 4.18. The minimum absolute atomic E-state index is 0.0831. The van der Waals surface area contributed by atoms with E-state index in [0.717, 1.165) is 37.8 Å². The molecule has 0 aliphatic carbocycles. The van der Waals surface area contributed by atoms with Gasteiger partial charge in [-0.15, -0.1) is 0 Å². The zero-order chi connectivity index (χ0) is 23.7. The molecule has 3 aromatic heterocycles. The molecule has 5 aromatic rings. The lowest BCUT2D eigenvalue weighted by atomic mass is 10.1. The highest BCUT2D eigenvalue weighted by Crippen LogP contribution is 2.37. The van der Waals surface area contributed by atoms with Crippen molar-refractivity contribution in [3.05, 3.63) is 102 Å². The molecule has 0 N–H and O–H groups in total. The molecular weight excluding hydrogens is 442 g/mol. The van der Waals surface area contributed by atoms with Crippen molar-refractivity contribution in [2.45, 2.75) is 23.8 Å². The molecular formula is C27H23N5OS. The molecule has 6 nitrogen and oxygen atoms in total. The lowest BCUT2D eigenvalue weighted by Crippen LogP contribution is -1.98. The van der Waals surface area contributed by atoms with Gasteiger partial charge in [-0.25, -0.2) is 4.68 Å². The second-order valence-electron chi connectivity index (χ2n) is 7.98. The average molecular weight is 466 g/mol. The van der Waals surface area contributed by atoms with Gasteiger partial charge in [0.25, 0.3) is 0 Å². The summed E-state index contributed by atoms with van der Waals surface area (Å²) in [6, 6.07) is 20.2. The number of hydrogen-bond acceptors (Lipinski definition) is 5. The Morgan fingerprint density at radius 2 is 1.74 bits per heavy atom. The minimum Gasteiger partial charge on any atom is -0.289 e. The highest BCUT2D eigenvalue weighted by Gasteiger charge is 2.18. The van der Waals surface area contributed by atoms with Crippen LogP contribution in [0.2, 0.25) is 0 Å². The van der Waals surface area contributed by atoms with Crippen molar-refractivity contribution in [2.75, 3.05) is 0 Å². The third-order valence-corrected chi connectivity index (χ3v) is 6.68. The Labute approximate surface area is 202 Å². The molecule has 34 heavy (non-hydrogen) atoms. The van der Waals surface area contributed by atoms with Gasteiger partial charge in [0.1, 0.15) is 5.03 Å². The molecule has 0 aliphatic heterocycles. The van der Waals surface area contributed by atoms with E-state index in [1.54, 1.807) is 28.7 Å². The standard InChI is InChI=1S/C27H23N5OS/c1-18-22(14-15-24(33)23-17-31(3)29-19(23)2)27(32(30-18)21-11-5-4-6-12-21)34-25-13-7-9-20-10-8-16-28-26(20)25/h4-17H,1-3H3/b15-14+. The third-order valence-electron chi connectivity index (χ3n) is 5.55. The van der Waals surface area contributed by atoms with Crippen LogP contribution in [-0.4, -0.2) is 30.3 Å². The fourth-order valence-electron chi connectivity index (χ4n) is 3.91. The van der Waals surface area contributed by atoms with Gasteiger partial charge in [-0.05, 0) is 50.3 Å². The molecule has 0 saturated carbocycles. The summed E-state index contributed by atoms with van der Waals surface area (Å²) in [5, 5.41) is 11.1. The summed E-state index contributed by atoms with van der Waals surface area (Å²) < 4.78 is 3.59. The maximum Gasteiger partial charge on any atom is 0.189 e. The lowest BCUT2D eigenvalue weighted by molar-refractivity contribution is 0.104. The Bertz CT molecular complexity index is 1530. The highest BCUT2D eigenvalue weighted by atomic mass is 32.2. The molecule has 0 amide bonds. The summed E-state index contributed by atoms with van der Waals surface area (Å²) in [6.45, 7) is 3.80. The number of para-hydroxylation sites is 2. The van der Waals surface area contributed by atoms with Crippen LogP contribution in [0.5, 0.6) is 0 Å². The predicted octanol–water partition coefficient (Wildman–Crippen LogP) is 5.82. The Morgan fingerprint density at radius 3 is 2.50 bits per heavy atom. The van der Waals surface area contributed by atoms with Gasteiger partial charge < -0.3 is 0 Å². The molecule has 0 radical (unpaired) electrons. The fraction of sp³-hybridized carbons (Fsp3) is 0.111. The number of aryl methyl sites for hydroxylation is 3. The Hall–Kier alpha value is -3.97. The van der Waals surface area contributed by atoms with Crippen molar-refractivity contribution in [1.29, 1.82) is 0 Å². The van der Waals surface area contributed by atoms with Crippen LogP contribution in [0.4, 0.5) is 0 Å². The van der Waals surface area contributed by atoms with Crippen molar-refractivity contribution >= 4 is 34.5 Å². The number of allylic oxidation sites excluding steroid dienone is 1. The number of carbonyl (C=O) groups is 1. The van der Waals surface area contributed by atoms with Crippen LogP contribution in [0.25, 0.3) is 22.7 Å². The van der Waals surface area contributed by atoms with Crippen molar-refractivity contribution in [1.82, 2.24) is 24.5 Å². The van der Waals surface area contributed by atoms with E-state index < -0.39 is 0 Å². The van der Waals surface area contributed by atoms with E-state index in [2.05, 4.69) is 28.3 Å². The number of benzene rings is 2. The van der Waals surface area contributed by atoms with Gasteiger partial charge in [-0.1, -0.05) is 48.2 Å². The summed E-state index contributed by atoms with van der Waals surface area (Å²) in [5.41, 5.74) is 4.94. The zero-order valence-corrected chi connectivity index (χ0v) is 20.0. The topological polar surface area (TPSA) is 65.6 Å². The van der Waals surface area contributed by atoms with Crippen molar-refractivity contribution < 1.29 is 4.79 Å². The number of fused-ring (bicyclic) bond motifs is 1. The second kappa shape index (κ2) is 9.11. The summed E-state index contributed by atoms with van der Waals surface area (Å²) >= 11 is 1.60. The van der Waals surface area contributed by atoms with Crippen LogP contribution in [0.3, 0.4) is 0 Å². The number of nitrogens with zero attached hydrogens (tertiary/aromatic N) is 5. The molecule has 0 aliphatic rings. The van der Waals surface area contributed by atoms with E-state index in [1.165, 1.54) is 0 Å². The molecule has 3 heterocycles. The van der Waals surface area contributed by atoms with Crippen LogP contribution in [0.15, 0.2) is 89.1 Å². The SMILES string of the molecule is Cc1nn(C)cc1C(=O)/C=C/c1c(C)nn(-c2ccccc2)c1Sc1cccc2cccnc12. The minimum atomic E-state index is -0.0831. The van der Waals surface area contributed by atoms with Gasteiger partial charge in [-0.2, -0.15) is 10.2 Å². The van der Waals surface area contributed by atoms with E-state index in [-0.39, 0.29) is 5.78 Å². The normalized spacial score (nSPS) is 11.5. The quantitative estimate of drug-likeness (QED) is 0.234. The van der Waals surface area contributed by atoms with Gasteiger partial charge in [0.15, 0.2) is 5.78 Å². The number of carbonyl (C=O) groups excluding carboxylic acids is 1. The van der Waals surface area contributed by atoms with Crippen molar-refractivity contribution in [3.8, 4) is 5.69 Å². The molecule has 0 bridgehead atoms. The van der Waals surface area contributed by atoms with Gasteiger partial charge >= 0.3 is 0 Å². The molecule has 2 aromatic carbocycles. The van der Waals surface area contributed by atoms with E-state index in [1.807, 2.05) is 80.3 Å². The summed E-state index contributed by atoms with van der Waals surface area (Å²) in [5.74, 6) is -0.0831. The van der Waals surface area contributed by atoms with Gasteiger partial charge in [0, 0.05) is 35.3 Å². The van der Waals surface area contributed by atoms with Crippen molar-refractivity contribution in [2.24, 2.45) is 7.05 Å². The molecule has 0 atom stereocenters. The summed E-state index contributed by atoms with van der Waals surface area (Å²) in [4.78, 5) is 18.5. The number of rotatable bonds is 6. The van der Waals surface area contributed by atoms with E-state index in [0.29, 0.717) is 11.3 Å². The molecule has 7 heteroatoms. The first-order valence-electron chi connectivity index (χ1n) is 10.9. The van der Waals surface area contributed by atoms with Crippen LogP contribution < -0.4 is 0 Å². The van der Waals surface area contributed by atoms with E-state index in [9.17, 15) is 4.79 Å². The predicted molar refractivity (Wildman–Crippen MR) is 135 cm³/mol. The summed E-state index contributed by atoms with van der Waals surface area (Å²) in [7, 11) is 1.81. The number of ketones is 1. The van der Waals surface area contributed by atoms with Gasteiger partial charge in [-0.3, -0.25) is 14.5 Å². The maximum atomic E-state index is 12.9.